The third-order valence-electron chi connectivity index (χ3n) is 4.95. The molecule has 0 fully saturated rings. The molecule has 2 N–H and O–H groups in total. The summed E-state index contributed by atoms with van der Waals surface area (Å²) in [4.78, 5) is 12.1. The Bertz CT molecular complexity index is 1190. The number of hydrogen-bond acceptors (Lipinski definition) is 4. The molecule has 32 heavy (non-hydrogen) atoms. The van der Waals surface area contributed by atoms with Gasteiger partial charge < -0.3 is 20.1 Å². The number of urea groups is 1. The number of aromatic nitrogens is 2. The average molecular weight is 428 g/mol. The van der Waals surface area contributed by atoms with Crippen molar-refractivity contribution in [1.82, 2.24) is 15.1 Å². The van der Waals surface area contributed by atoms with Crippen molar-refractivity contribution in [3.05, 3.63) is 90.6 Å². The maximum atomic E-state index is 12.1. The summed E-state index contributed by atoms with van der Waals surface area (Å²) in [5.74, 6) is 1.33. The standard InChI is InChI=1S/C25H24N4O3/c1-31-23-13-8-19(16-24(23)32-2)22-14-15-29(28-22)21-11-9-20(10-12-21)27-25(30)26-17-18-6-4-3-5-7-18/h3-16H,17H2,1-2H3,(H2,26,27,30). The van der Waals surface area contributed by atoms with Gasteiger partial charge in [0.15, 0.2) is 11.5 Å². The van der Waals surface area contributed by atoms with Crippen molar-refractivity contribution in [2.24, 2.45) is 0 Å². The molecule has 1 heterocycles. The van der Waals surface area contributed by atoms with Gasteiger partial charge in [-0.3, -0.25) is 0 Å². The SMILES string of the molecule is COc1ccc(-c2ccn(-c3ccc(NC(=O)NCc4ccccc4)cc3)n2)cc1OC. The molecule has 0 spiro atoms. The Morgan fingerprint density at radius 3 is 2.38 bits per heavy atom. The summed E-state index contributed by atoms with van der Waals surface area (Å²) in [6, 6.07) is 24.6. The van der Waals surface area contributed by atoms with Gasteiger partial charge in [-0.1, -0.05) is 30.3 Å². The zero-order chi connectivity index (χ0) is 22.3. The molecule has 2 amide bonds. The van der Waals surface area contributed by atoms with Crippen LogP contribution in [0.15, 0.2) is 85.1 Å². The fourth-order valence-corrected chi connectivity index (χ4v) is 3.27. The van der Waals surface area contributed by atoms with Gasteiger partial charge in [0.1, 0.15) is 0 Å². The molecule has 4 rings (SSSR count). The molecule has 0 saturated heterocycles. The van der Waals surface area contributed by atoms with E-state index < -0.39 is 0 Å². The minimum Gasteiger partial charge on any atom is -0.493 e. The van der Waals surface area contributed by atoms with E-state index >= 15 is 0 Å². The second-order valence-electron chi connectivity index (χ2n) is 7.06. The Labute approximate surface area is 186 Å². The predicted octanol–water partition coefficient (Wildman–Crippen LogP) is 4.88. The van der Waals surface area contributed by atoms with Crippen molar-refractivity contribution in [3.8, 4) is 28.4 Å². The van der Waals surface area contributed by atoms with Crippen molar-refractivity contribution < 1.29 is 14.3 Å². The largest absolute Gasteiger partial charge is 0.493 e. The first-order valence-corrected chi connectivity index (χ1v) is 10.1. The van der Waals surface area contributed by atoms with Crippen LogP contribution in [0.2, 0.25) is 0 Å². The molecule has 3 aromatic carbocycles. The summed E-state index contributed by atoms with van der Waals surface area (Å²) in [5, 5.41) is 10.3. The highest BCUT2D eigenvalue weighted by molar-refractivity contribution is 5.89. The van der Waals surface area contributed by atoms with Crippen LogP contribution in [0.5, 0.6) is 11.5 Å². The Morgan fingerprint density at radius 1 is 0.906 bits per heavy atom. The fraction of sp³-hybridized carbons (Fsp3) is 0.120. The molecule has 0 atom stereocenters. The average Bonchev–Trinajstić information content (AvgIpc) is 3.34. The summed E-state index contributed by atoms with van der Waals surface area (Å²) >= 11 is 0. The van der Waals surface area contributed by atoms with Gasteiger partial charge in [0.2, 0.25) is 0 Å². The van der Waals surface area contributed by atoms with Crippen LogP contribution in [0, 0.1) is 0 Å². The number of ether oxygens (including phenoxy) is 2. The van der Waals surface area contributed by atoms with E-state index in [0.717, 1.165) is 22.5 Å². The van der Waals surface area contributed by atoms with Crippen LogP contribution in [0.3, 0.4) is 0 Å². The highest BCUT2D eigenvalue weighted by atomic mass is 16.5. The van der Waals surface area contributed by atoms with Gasteiger partial charge in [0.25, 0.3) is 0 Å². The molecule has 7 nitrogen and oxygen atoms in total. The molecule has 0 aliphatic heterocycles. The minimum atomic E-state index is -0.253. The molecule has 1 aromatic heterocycles. The van der Waals surface area contributed by atoms with Gasteiger partial charge in [0, 0.05) is 24.0 Å². The van der Waals surface area contributed by atoms with E-state index in [1.807, 2.05) is 85.1 Å². The van der Waals surface area contributed by atoms with E-state index in [2.05, 4.69) is 15.7 Å². The Hall–Kier alpha value is -4.26. The number of amides is 2. The van der Waals surface area contributed by atoms with Gasteiger partial charge in [0.05, 0.1) is 25.6 Å². The molecule has 162 valence electrons. The van der Waals surface area contributed by atoms with Crippen LogP contribution in [-0.2, 0) is 6.54 Å². The lowest BCUT2D eigenvalue weighted by Gasteiger charge is -2.09. The second-order valence-corrected chi connectivity index (χ2v) is 7.06. The molecule has 0 aliphatic carbocycles. The highest BCUT2D eigenvalue weighted by Gasteiger charge is 2.09. The lowest BCUT2D eigenvalue weighted by Crippen LogP contribution is -2.28. The van der Waals surface area contributed by atoms with E-state index in [-0.39, 0.29) is 6.03 Å². The quantitative estimate of drug-likeness (QED) is 0.440. The lowest BCUT2D eigenvalue weighted by atomic mass is 10.1. The van der Waals surface area contributed by atoms with Crippen LogP contribution in [0.4, 0.5) is 10.5 Å². The number of benzene rings is 3. The second kappa shape index (κ2) is 9.70. The zero-order valence-corrected chi connectivity index (χ0v) is 17.9. The van der Waals surface area contributed by atoms with E-state index in [1.165, 1.54) is 0 Å². The monoisotopic (exact) mass is 428 g/mol. The summed E-state index contributed by atoms with van der Waals surface area (Å²) in [7, 11) is 3.22. The Kier molecular flexibility index (Phi) is 6.36. The Balaban J connectivity index is 1.40. The van der Waals surface area contributed by atoms with Crippen LogP contribution in [0.1, 0.15) is 5.56 Å². The molecular weight excluding hydrogens is 404 g/mol. The maximum Gasteiger partial charge on any atom is 0.319 e. The molecule has 0 aliphatic rings. The van der Waals surface area contributed by atoms with Gasteiger partial charge in [-0.2, -0.15) is 5.10 Å². The number of nitrogens with one attached hydrogen (secondary N) is 2. The van der Waals surface area contributed by atoms with Gasteiger partial charge in [-0.05, 0) is 54.1 Å². The van der Waals surface area contributed by atoms with Crippen LogP contribution >= 0.6 is 0 Å². The van der Waals surface area contributed by atoms with Crippen molar-refractivity contribution in [3.63, 3.8) is 0 Å². The molecule has 0 bridgehead atoms. The topological polar surface area (TPSA) is 77.4 Å². The first-order chi connectivity index (χ1) is 15.7. The third-order valence-corrected chi connectivity index (χ3v) is 4.95. The van der Waals surface area contributed by atoms with Crippen LogP contribution < -0.4 is 20.1 Å². The number of rotatable bonds is 7. The smallest absolute Gasteiger partial charge is 0.319 e. The third kappa shape index (κ3) is 4.89. The number of anilines is 1. The number of hydrogen-bond donors (Lipinski definition) is 2. The van der Waals surface area contributed by atoms with Crippen LogP contribution in [0.25, 0.3) is 16.9 Å². The van der Waals surface area contributed by atoms with Gasteiger partial charge >= 0.3 is 6.03 Å². The van der Waals surface area contributed by atoms with E-state index in [9.17, 15) is 4.79 Å². The first-order valence-electron chi connectivity index (χ1n) is 10.1. The van der Waals surface area contributed by atoms with Gasteiger partial charge in [-0.25, -0.2) is 9.48 Å². The normalized spacial score (nSPS) is 10.4. The fourth-order valence-electron chi connectivity index (χ4n) is 3.27. The van der Waals surface area contributed by atoms with Crippen molar-refractivity contribution >= 4 is 11.7 Å². The molecule has 7 heteroatoms. The maximum absolute atomic E-state index is 12.1. The minimum absolute atomic E-state index is 0.253. The highest BCUT2D eigenvalue weighted by Crippen LogP contribution is 2.31. The van der Waals surface area contributed by atoms with E-state index in [1.54, 1.807) is 18.9 Å². The number of nitrogens with zero attached hydrogens (tertiary/aromatic N) is 2. The number of methoxy groups -OCH3 is 2. The Morgan fingerprint density at radius 2 is 1.66 bits per heavy atom. The molecule has 4 aromatic rings. The number of carbonyl (C=O) groups is 1. The molecular formula is C25H24N4O3. The van der Waals surface area contributed by atoms with E-state index in [4.69, 9.17) is 9.47 Å². The summed E-state index contributed by atoms with van der Waals surface area (Å²) in [6.45, 7) is 0.469. The number of carbonyl (C=O) groups excluding carboxylic acids is 1. The van der Waals surface area contributed by atoms with Gasteiger partial charge in [-0.15, -0.1) is 0 Å². The molecule has 0 radical (unpaired) electrons. The van der Waals surface area contributed by atoms with Crippen LogP contribution in [-0.4, -0.2) is 30.0 Å². The summed E-state index contributed by atoms with van der Waals surface area (Å²) in [6.07, 6.45) is 1.89. The summed E-state index contributed by atoms with van der Waals surface area (Å²) in [5.41, 5.74) is 4.36. The van der Waals surface area contributed by atoms with Crippen molar-refractivity contribution in [1.29, 1.82) is 0 Å². The predicted molar refractivity (Wildman–Crippen MR) is 124 cm³/mol. The van der Waals surface area contributed by atoms with Crippen molar-refractivity contribution in [2.75, 3.05) is 19.5 Å². The zero-order valence-electron chi connectivity index (χ0n) is 17.9. The first kappa shape index (κ1) is 21.0. The van der Waals surface area contributed by atoms with Crippen molar-refractivity contribution in [2.45, 2.75) is 6.54 Å². The molecule has 0 unspecified atom stereocenters. The lowest BCUT2D eigenvalue weighted by molar-refractivity contribution is 0.251. The summed E-state index contributed by atoms with van der Waals surface area (Å²) < 4.78 is 12.5. The van der Waals surface area contributed by atoms with E-state index in [0.29, 0.717) is 23.7 Å². The molecule has 0 saturated carbocycles.